The fourth-order valence-electron chi connectivity index (χ4n) is 3.97. The van der Waals surface area contributed by atoms with Crippen molar-refractivity contribution in [2.24, 2.45) is 5.92 Å². The summed E-state index contributed by atoms with van der Waals surface area (Å²) in [6.07, 6.45) is 1.68. The maximum atomic E-state index is 12.8. The fraction of sp³-hybridized carbons (Fsp3) is 0.333. The van der Waals surface area contributed by atoms with E-state index in [4.69, 9.17) is 12.2 Å². The molecule has 2 aromatic carbocycles. The number of carbonyl (C=O) groups is 2. The summed E-state index contributed by atoms with van der Waals surface area (Å²) in [5.41, 5.74) is 2.93. The van der Waals surface area contributed by atoms with Gasteiger partial charge in [0.2, 0.25) is 11.8 Å². The molecule has 8 heteroatoms. The third kappa shape index (κ3) is 5.13. The van der Waals surface area contributed by atoms with Gasteiger partial charge in [0.05, 0.1) is 0 Å². The number of para-hydroxylation sites is 1. The second kappa shape index (κ2) is 9.91. The summed E-state index contributed by atoms with van der Waals surface area (Å²) >= 11 is 5.38. The maximum absolute atomic E-state index is 12.8. The number of nitrogens with one attached hydrogen (secondary N) is 2. The molecule has 2 heterocycles. The highest BCUT2D eigenvalue weighted by Crippen LogP contribution is 2.21. The Labute approximate surface area is 192 Å². The van der Waals surface area contributed by atoms with Crippen LogP contribution in [0.5, 0.6) is 0 Å². The van der Waals surface area contributed by atoms with Gasteiger partial charge in [0.15, 0.2) is 10.6 Å². The average molecular weight is 450 g/mol. The normalized spacial score (nSPS) is 14.3. The van der Waals surface area contributed by atoms with Gasteiger partial charge < -0.3 is 10.2 Å². The summed E-state index contributed by atoms with van der Waals surface area (Å²) in [7, 11) is 0. The van der Waals surface area contributed by atoms with Crippen LogP contribution in [-0.4, -0.2) is 44.6 Å². The van der Waals surface area contributed by atoms with Crippen LogP contribution < -0.4 is 5.32 Å². The van der Waals surface area contributed by atoms with Crippen LogP contribution in [0.3, 0.4) is 0 Å². The molecule has 3 aromatic rings. The number of nitrogens with zero attached hydrogens (tertiary/aromatic N) is 3. The topological polar surface area (TPSA) is 83.0 Å². The van der Waals surface area contributed by atoms with E-state index in [1.807, 2.05) is 71.0 Å². The molecule has 0 atom stereocenters. The van der Waals surface area contributed by atoms with Gasteiger partial charge in [-0.05, 0) is 44.1 Å². The van der Waals surface area contributed by atoms with Crippen molar-refractivity contribution in [3.8, 4) is 11.4 Å². The quantitative estimate of drug-likeness (QED) is 0.553. The zero-order valence-corrected chi connectivity index (χ0v) is 18.9. The van der Waals surface area contributed by atoms with Gasteiger partial charge in [-0.1, -0.05) is 48.0 Å². The Morgan fingerprint density at radius 1 is 1.09 bits per heavy atom. The number of carbonyl (C=O) groups excluding carboxylic acids is 2. The van der Waals surface area contributed by atoms with Gasteiger partial charge in [-0.2, -0.15) is 5.10 Å². The lowest BCUT2D eigenvalue weighted by Gasteiger charge is -2.31. The molecule has 1 aliphatic rings. The molecule has 1 fully saturated rings. The third-order valence-electron chi connectivity index (χ3n) is 5.88. The first kappa shape index (κ1) is 22.0. The number of hydrogen-bond acceptors (Lipinski definition) is 4. The first-order valence-corrected chi connectivity index (χ1v) is 11.3. The van der Waals surface area contributed by atoms with E-state index in [0.29, 0.717) is 43.7 Å². The Morgan fingerprint density at radius 2 is 1.78 bits per heavy atom. The van der Waals surface area contributed by atoms with Crippen LogP contribution in [0.1, 0.15) is 24.8 Å². The largest absolute Gasteiger partial charge is 0.343 e. The predicted molar refractivity (Wildman–Crippen MR) is 127 cm³/mol. The second-order valence-electron chi connectivity index (χ2n) is 8.13. The number of anilines is 1. The van der Waals surface area contributed by atoms with Gasteiger partial charge in [-0.15, -0.1) is 0 Å². The highest BCUT2D eigenvalue weighted by molar-refractivity contribution is 7.71. The van der Waals surface area contributed by atoms with E-state index in [2.05, 4.69) is 15.5 Å². The zero-order valence-electron chi connectivity index (χ0n) is 18.1. The lowest BCUT2D eigenvalue weighted by molar-refractivity contribution is -0.134. The molecule has 0 unspecified atom stereocenters. The summed E-state index contributed by atoms with van der Waals surface area (Å²) in [5, 5.41) is 10.1. The van der Waals surface area contributed by atoms with E-state index in [0.717, 1.165) is 17.1 Å². The van der Waals surface area contributed by atoms with Crippen molar-refractivity contribution in [2.75, 3.05) is 18.4 Å². The fourth-order valence-corrected chi connectivity index (χ4v) is 4.19. The van der Waals surface area contributed by atoms with Crippen LogP contribution in [0.4, 0.5) is 5.69 Å². The van der Waals surface area contributed by atoms with Crippen LogP contribution >= 0.6 is 12.2 Å². The Balaban J connectivity index is 1.31. The Bertz CT molecular complexity index is 1130. The minimum atomic E-state index is -0.0742. The Kier molecular flexibility index (Phi) is 6.80. The van der Waals surface area contributed by atoms with Gasteiger partial charge in [-0.25, -0.2) is 0 Å². The second-order valence-corrected chi connectivity index (χ2v) is 8.52. The van der Waals surface area contributed by atoms with Crippen LogP contribution in [0.25, 0.3) is 11.4 Å². The molecule has 4 rings (SSSR count). The van der Waals surface area contributed by atoms with E-state index >= 15 is 0 Å². The van der Waals surface area contributed by atoms with E-state index < -0.39 is 0 Å². The number of rotatable bonds is 6. The van der Waals surface area contributed by atoms with Gasteiger partial charge in [0, 0.05) is 43.2 Å². The van der Waals surface area contributed by atoms with Gasteiger partial charge in [0.25, 0.3) is 0 Å². The van der Waals surface area contributed by atoms with Crippen molar-refractivity contribution in [2.45, 2.75) is 32.7 Å². The zero-order chi connectivity index (χ0) is 22.5. The van der Waals surface area contributed by atoms with E-state index in [9.17, 15) is 9.59 Å². The summed E-state index contributed by atoms with van der Waals surface area (Å²) in [6, 6.07) is 17.5. The molecular formula is C24H27N5O2S. The molecule has 2 amide bonds. The number of aryl methyl sites for hydroxylation is 1. The Hall–Kier alpha value is -3.26. The van der Waals surface area contributed by atoms with Crippen molar-refractivity contribution in [3.05, 3.63) is 64.9 Å². The molecule has 1 aliphatic heterocycles. The number of piperidine rings is 1. The predicted octanol–water partition coefficient (Wildman–Crippen LogP) is 4.18. The van der Waals surface area contributed by atoms with E-state index in [-0.39, 0.29) is 17.7 Å². The third-order valence-corrected chi connectivity index (χ3v) is 6.19. The first-order chi connectivity index (χ1) is 15.5. The monoisotopic (exact) mass is 449 g/mol. The van der Waals surface area contributed by atoms with E-state index in [1.165, 1.54) is 5.56 Å². The smallest absolute Gasteiger partial charge is 0.227 e. The molecule has 0 bridgehead atoms. The lowest BCUT2D eigenvalue weighted by Crippen LogP contribution is -2.41. The van der Waals surface area contributed by atoms with Gasteiger partial charge in [0.1, 0.15) is 0 Å². The molecule has 0 saturated carbocycles. The Morgan fingerprint density at radius 3 is 2.47 bits per heavy atom. The molecule has 0 radical (unpaired) electrons. The van der Waals surface area contributed by atoms with Crippen molar-refractivity contribution < 1.29 is 9.59 Å². The van der Waals surface area contributed by atoms with Gasteiger partial charge in [-0.3, -0.25) is 19.3 Å². The molecule has 7 nitrogen and oxygen atoms in total. The molecule has 1 aromatic heterocycles. The standard InChI is InChI=1S/C24H27N5O2S/c1-17-7-9-18(10-8-17)22-26-27-24(32)29(22)16-13-21(30)28-14-11-19(12-15-28)23(31)25-20-5-3-2-4-6-20/h2-10,19H,11-16H2,1H3,(H,25,31)(H,27,32). The molecule has 0 spiro atoms. The summed E-state index contributed by atoms with van der Waals surface area (Å²) in [5.74, 6) is 0.759. The highest BCUT2D eigenvalue weighted by atomic mass is 32.1. The minimum Gasteiger partial charge on any atom is -0.343 e. The number of H-pyrrole nitrogens is 1. The van der Waals surface area contributed by atoms with Crippen molar-refractivity contribution in [1.82, 2.24) is 19.7 Å². The maximum Gasteiger partial charge on any atom is 0.227 e. The summed E-state index contributed by atoms with van der Waals surface area (Å²) < 4.78 is 2.38. The van der Waals surface area contributed by atoms with Crippen LogP contribution in [0, 0.1) is 17.6 Å². The SMILES string of the molecule is Cc1ccc(-c2n[nH]c(=S)n2CCC(=O)N2CCC(C(=O)Nc3ccccc3)CC2)cc1. The number of aromatic nitrogens is 3. The first-order valence-electron chi connectivity index (χ1n) is 10.9. The highest BCUT2D eigenvalue weighted by Gasteiger charge is 2.27. The van der Waals surface area contributed by atoms with Crippen molar-refractivity contribution in [1.29, 1.82) is 0 Å². The molecule has 2 N–H and O–H groups in total. The van der Waals surface area contributed by atoms with Crippen LogP contribution in [-0.2, 0) is 16.1 Å². The minimum absolute atomic E-state index is 0.0238. The van der Waals surface area contributed by atoms with Crippen molar-refractivity contribution in [3.63, 3.8) is 0 Å². The molecule has 166 valence electrons. The van der Waals surface area contributed by atoms with E-state index in [1.54, 1.807) is 0 Å². The molecule has 32 heavy (non-hydrogen) atoms. The number of aromatic amines is 1. The average Bonchev–Trinajstić information content (AvgIpc) is 3.19. The lowest BCUT2D eigenvalue weighted by atomic mass is 9.95. The molecule has 0 aliphatic carbocycles. The number of likely N-dealkylation sites (tertiary alicyclic amines) is 1. The number of benzene rings is 2. The van der Waals surface area contributed by atoms with Crippen LogP contribution in [0.15, 0.2) is 54.6 Å². The summed E-state index contributed by atoms with van der Waals surface area (Å²) in [4.78, 5) is 27.2. The number of hydrogen-bond donors (Lipinski definition) is 2. The van der Waals surface area contributed by atoms with Gasteiger partial charge >= 0.3 is 0 Å². The molecular weight excluding hydrogens is 422 g/mol. The van der Waals surface area contributed by atoms with Crippen molar-refractivity contribution >= 4 is 29.7 Å². The number of amides is 2. The molecule has 1 saturated heterocycles. The van der Waals surface area contributed by atoms with Crippen LogP contribution in [0.2, 0.25) is 0 Å². The summed E-state index contributed by atoms with van der Waals surface area (Å²) in [6.45, 7) is 3.68.